The summed E-state index contributed by atoms with van der Waals surface area (Å²) in [5.41, 5.74) is 1.04. The molecule has 5 heteroatoms. The summed E-state index contributed by atoms with van der Waals surface area (Å²) in [6.45, 7) is 3.97. The number of halogens is 2. The Balaban J connectivity index is 1.85. The molecule has 2 heterocycles. The third-order valence-electron chi connectivity index (χ3n) is 3.87. The van der Waals surface area contributed by atoms with E-state index >= 15 is 0 Å². The van der Waals surface area contributed by atoms with Gasteiger partial charge in [-0.1, -0.05) is 6.42 Å². The highest BCUT2D eigenvalue weighted by Gasteiger charge is 2.19. The molecule has 0 aliphatic carbocycles. The average Bonchev–Trinajstić information content (AvgIpc) is 2.74. The van der Waals surface area contributed by atoms with Gasteiger partial charge in [0.05, 0.1) is 17.6 Å². The number of imidazole rings is 1. The number of rotatable bonds is 2. The van der Waals surface area contributed by atoms with Crippen molar-refractivity contribution in [2.24, 2.45) is 0 Å². The predicted octanol–water partition coefficient (Wildman–Crippen LogP) is 3.22. The molecule has 1 aromatic carbocycles. The Labute approximate surface area is 110 Å². The maximum atomic E-state index is 13.1. The second-order valence-corrected chi connectivity index (χ2v) is 5.28. The molecule has 1 saturated heterocycles. The summed E-state index contributed by atoms with van der Waals surface area (Å²) in [6.07, 6.45) is 3.67. The van der Waals surface area contributed by atoms with Crippen molar-refractivity contribution in [1.29, 1.82) is 0 Å². The van der Waals surface area contributed by atoms with Gasteiger partial charge in [0, 0.05) is 18.2 Å². The zero-order valence-electron chi connectivity index (χ0n) is 10.9. The lowest BCUT2D eigenvalue weighted by Gasteiger charge is -2.32. The fraction of sp³-hybridized carbons (Fsp3) is 0.500. The Morgan fingerprint density at radius 1 is 1.32 bits per heavy atom. The van der Waals surface area contributed by atoms with Gasteiger partial charge in [-0.05, 0) is 26.3 Å². The molecule has 1 aliphatic heterocycles. The molecule has 1 fully saturated rings. The molecule has 1 unspecified atom stereocenters. The van der Waals surface area contributed by atoms with Gasteiger partial charge in [0.25, 0.3) is 0 Å². The second-order valence-electron chi connectivity index (χ2n) is 5.28. The van der Waals surface area contributed by atoms with Crippen LogP contribution >= 0.6 is 0 Å². The van der Waals surface area contributed by atoms with Crippen molar-refractivity contribution in [3.05, 3.63) is 29.6 Å². The standard InChI is InChI=1S/C14H17F2N3/c1-9-4-2-3-5-19(9)8-14-17-12-6-10(15)11(16)7-13(12)18-14/h6-7,9H,2-5,8H2,1H3,(H,17,18). The largest absolute Gasteiger partial charge is 0.341 e. The molecule has 0 spiro atoms. The van der Waals surface area contributed by atoms with Crippen LogP contribution in [0.4, 0.5) is 8.78 Å². The minimum absolute atomic E-state index is 0.485. The van der Waals surface area contributed by atoms with E-state index in [1.165, 1.54) is 25.3 Å². The molecule has 1 atom stereocenters. The summed E-state index contributed by atoms with van der Waals surface area (Å²) >= 11 is 0. The molecule has 3 nitrogen and oxygen atoms in total. The minimum Gasteiger partial charge on any atom is -0.341 e. The smallest absolute Gasteiger partial charge is 0.161 e. The number of fused-ring (bicyclic) bond motifs is 1. The lowest BCUT2D eigenvalue weighted by molar-refractivity contribution is 0.149. The van der Waals surface area contributed by atoms with Crippen molar-refractivity contribution in [3.63, 3.8) is 0 Å². The molecule has 0 bridgehead atoms. The van der Waals surface area contributed by atoms with Gasteiger partial charge in [-0.3, -0.25) is 4.90 Å². The van der Waals surface area contributed by atoms with Gasteiger partial charge in [-0.2, -0.15) is 0 Å². The third kappa shape index (κ3) is 2.47. The number of H-pyrrole nitrogens is 1. The van der Waals surface area contributed by atoms with E-state index < -0.39 is 11.6 Å². The Morgan fingerprint density at radius 2 is 2.11 bits per heavy atom. The monoisotopic (exact) mass is 265 g/mol. The number of nitrogens with one attached hydrogen (secondary N) is 1. The van der Waals surface area contributed by atoms with E-state index in [0.29, 0.717) is 23.6 Å². The molecule has 0 saturated carbocycles. The van der Waals surface area contributed by atoms with Crippen LogP contribution in [0.2, 0.25) is 0 Å². The number of likely N-dealkylation sites (tertiary alicyclic amines) is 1. The molecule has 3 rings (SSSR count). The van der Waals surface area contributed by atoms with Crippen LogP contribution in [0.1, 0.15) is 32.0 Å². The lowest BCUT2D eigenvalue weighted by atomic mass is 10.0. The first-order chi connectivity index (χ1) is 9.13. The van der Waals surface area contributed by atoms with Gasteiger partial charge in [-0.25, -0.2) is 13.8 Å². The van der Waals surface area contributed by atoms with Crippen LogP contribution in [0.25, 0.3) is 11.0 Å². The fourth-order valence-electron chi connectivity index (χ4n) is 2.72. The summed E-state index contributed by atoms with van der Waals surface area (Å²) in [6, 6.07) is 2.85. The molecular weight excluding hydrogens is 248 g/mol. The highest BCUT2D eigenvalue weighted by atomic mass is 19.2. The van der Waals surface area contributed by atoms with Crippen molar-refractivity contribution in [2.75, 3.05) is 6.54 Å². The quantitative estimate of drug-likeness (QED) is 0.904. The Morgan fingerprint density at radius 3 is 2.89 bits per heavy atom. The number of benzene rings is 1. The van der Waals surface area contributed by atoms with E-state index in [9.17, 15) is 8.78 Å². The van der Waals surface area contributed by atoms with Crippen molar-refractivity contribution in [3.8, 4) is 0 Å². The summed E-state index contributed by atoms with van der Waals surface area (Å²) < 4.78 is 26.3. The number of hydrogen-bond donors (Lipinski definition) is 1. The van der Waals surface area contributed by atoms with E-state index in [0.717, 1.165) is 18.4 Å². The normalized spacial score (nSPS) is 21.1. The van der Waals surface area contributed by atoms with Crippen LogP contribution in [-0.2, 0) is 6.54 Å². The van der Waals surface area contributed by atoms with Crippen LogP contribution in [0.15, 0.2) is 12.1 Å². The van der Waals surface area contributed by atoms with Crippen LogP contribution in [-0.4, -0.2) is 27.5 Å². The minimum atomic E-state index is -0.850. The molecule has 1 aliphatic rings. The third-order valence-corrected chi connectivity index (χ3v) is 3.87. The van der Waals surface area contributed by atoms with Crippen LogP contribution in [0.3, 0.4) is 0 Å². The van der Waals surface area contributed by atoms with Gasteiger partial charge in [0.1, 0.15) is 5.82 Å². The van der Waals surface area contributed by atoms with E-state index in [2.05, 4.69) is 21.8 Å². The zero-order valence-corrected chi connectivity index (χ0v) is 10.9. The number of aromatic amines is 1. The van der Waals surface area contributed by atoms with Gasteiger partial charge in [0.2, 0.25) is 0 Å². The summed E-state index contributed by atoms with van der Waals surface area (Å²) in [5.74, 6) is -0.917. The van der Waals surface area contributed by atoms with Crippen molar-refractivity contribution >= 4 is 11.0 Å². The number of aromatic nitrogens is 2. The van der Waals surface area contributed by atoms with Crippen molar-refractivity contribution in [2.45, 2.75) is 38.8 Å². The maximum Gasteiger partial charge on any atom is 0.161 e. The Bertz CT molecular complexity index is 555. The summed E-state index contributed by atoms with van der Waals surface area (Å²) in [5, 5.41) is 0. The second kappa shape index (κ2) is 4.89. The van der Waals surface area contributed by atoms with E-state index in [1.54, 1.807) is 0 Å². The van der Waals surface area contributed by atoms with Gasteiger partial charge < -0.3 is 4.98 Å². The van der Waals surface area contributed by atoms with Crippen LogP contribution in [0, 0.1) is 11.6 Å². The van der Waals surface area contributed by atoms with E-state index in [4.69, 9.17) is 0 Å². The molecule has 1 aromatic heterocycles. The fourth-order valence-corrected chi connectivity index (χ4v) is 2.72. The number of piperidine rings is 1. The molecule has 0 radical (unpaired) electrons. The van der Waals surface area contributed by atoms with E-state index in [-0.39, 0.29) is 0 Å². The first-order valence-corrected chi connectivity index (χ1v) is 6.71. The molecule has 102 valence electrons. The van der Waals surface area contributed by atoms with Crippen molar-refractivity contribution < 1.29 is 8.78 Å². The molecule has 1 N–H and O–H groups in total. The SMILES string of the molecule is CC1CCCCN1Cc1nc2cc(F)c(F)cc2[nH]1. The first-order valence-electron chi connectivity index (χ1n) is 6.71. The zero-order chi connectivity index (χ0) is 13.4. The Kier molecular flexibility index (Phi) is 3.22. The van der Waals surface area contributed by atoms with E-state index in [1.807, 2.05) is 0 Å². The highest BCUT2D eigenvalue weighted by Crippen LogP contribution is 2.20. The topological polar surface area (TPSA) is 31.9 Å². The number of nitrogens with zero attached hydrogens (tertiary/aromatic N) is 2. The van der Waals surface area contributed by atoms with Gasteiger partial charge in [-0.15, -0.1) is 0 Å². The number of hydrogen-bond acceptors (Lipinski definition) is 2. The molecule has 2 aromatic rings. The average molecular weight is 265 g/mol. The molecular formula is C14H17F2N3. The van der Waals surface area contributed by atoms with Crippen LogP contribution < -0.4 is 0 Å². The first kappa shape index (κ1) is 12.5. The molecule has 0 amide bonds. The van der Waals surface area contributed by atoms with Crippen LogP contribution in [0.5, 0.6) is 0 Å². The Hall–Kier alpha value is -1.49. The van der Waals surface area contributed by atoms with Gasteiger partial charge in [0.15, 0.2) is 11.6 Å². The summed E-state index contributed by atoms with van der Waals surface area (Å²) in [7, 11) is 0. The lowest BCUT2D eigenvalue weighted by Crippen LogP contribution is -2.37. The highest BCUT2D eigenvalue weighted by molar-refractivity contribution is 5.75. The molecule has 19 heavy (non-hydrogen) atoms. The summed E-state index contributed by atoms with van der Waals surface area (Å²) in [4.78, 5) is 9.77. The maximum absolute atomic E-state index is 13.1. The van der Waals surface area contributed by atoms with Gasteiger partial charge >= 0.3 is 0 Å². The van der Waals surface area contributed by atoms with Crippen molar-refractivity contribution in [1.82, 2.24) is 14.9 Å². The predicted molar refractivity (Wildman–Crippen MR) is 69.7 cm³/mol.